The van der Waals surface area contributed by atoms with E-state index in [9.17, 15) is 19.2 Å². The van der Waals surface area contributed by atoms with Gasteiger partial charge in [-0.2, -0.15) is 0 Å². The predicted molar refractivity (Wildman–Crippen MR) is 90.6 cm³/mol. The molecule has 4 amide bonds. The zero-order valence-corrected chi connectivity index (χ0v) is 14.1. The summed E-state index contributed by atoms with van der Waals surface area (Å²) in [5, 5.41) is 6.75. The molecule has 0 aliphatic rings. The Labute approximate surface area is 148 Å². The van der Waals surface area contributed by atoms with Crippen molar-refractivity contribution in [1.82, 2.24) is 10.6 Å². The monoisotopic (exact) mass is 359 g/mol. The van der Waals surface area contributed by atoms with Gasteiger partial charge in [-0.25, -0.2) is 9.59 Å². The van der Waals surface area contributed by atoms with Crippen LogP contribution in [0.1, 0.15) is 27.8 Å². The molecule has 3 N–H and O–H groups in total. The molecule has 1 aromatic heterocycles. The summed E-state index contributed by atoms with van der Waals surface area (Å²) >= 11 is 0. The third kappa shape index (κ3) is 4.69. The van der Waals surface area contributed by atoms with E-state index in [0.717, 1.165) is 0 Å². The van der Waals surface area contributed by atoms with Gasteiger partial charge in [0.25, 0.3) is 11.8 Å². The summed E-state index contributed by atoms with van der Waals surface area (Å²) in [7, 11) is 1.34. The van der Waals surface area contributed by atoms with Gasteiger partial charge in [0.2, 0.25) is 0 Å². The number of nitrogens with one attached hydrogen (secondary N) is 3. The third-order valence-corrected chi connectivity index (χ3v) is 3.26. The summed E-state index contributed by atoms with van der Waals surface area (Å²) in [6.45, 7) is 1.32. The molecule has 0 spiro atoms. The van der Waals surface area contributed by atoms with E-state index < -0.39 is 29.9 Å². The molecular formula is C17H17N3O6. The Hall–Kier alpha value is -3.62. The summed E-state index contributed by atoms with van der Waals surface area (Å²) in [5.41, 5.74) is 0.241. The average molecular weight is 359 g/mol. The molecule has 9 nitrogen and oxygen atoms in total. The van der Waals surface area contributed by atoms with Gasteiger partial charge in [-0.15, -0.1) is 0 Å². The maximum Gasteiger partial charge on any atom is 0.341 e. The molecule has 0 fully saturated rings. The third-order valence-electron chi connectivity index (χ3n) is 3.26. The van der Waals surface area contributed by atoms with Gasteiger partial charge in [0.1, 0.15) is 0 Å². The minimum absolute atomic E-state index is 0.0481. The summed E-state index contributed by atoms with van der Waals surface area (Å²) in [4.78, 5) is 47.3. The van der Waals surface area contributed by atoms with Crippen LogP contribution in [0.2, 0.25) is 0 Å². The summed E-state index contributed by atoms with van der Waals surface area (Å²) in [6, 6.07) is 8.45. The van der Waals surface area contributed by atoms with Crippen LogP contribution in [0.3, 0.4) is 0 Å². The summed E-state index contributed by atoms with van der Waals surface area (Å²) in [5.74, 6) is -2.08. The molecule has 1 unspecified atom stereocenters. The molecule has 0 bridgehead atoms. The first-order chi connectivity index (χ1) is 12.4. The molecular weight excluding hydrogens is 342 g/mol. The first kappa shape index (κ1) is 18.7. The average Bonchev–Trinajstić information content (AvgIpc) is 3.16. The minimum Gasteiger partial charge on any atom is -0.459 e. The number of ether oxygens (including phenoxy) is 1. The van der Waals surface area contributed by atoms with Crippen molar-refractivity contribution in [1.29, 1.82) is 0 Å². The van der Waals surface area contributed by atoms with Crippen molar-refractivity contribution in [3.8, 4) is 0 Å². The van der Waals surface area contributed by atoms with Crippen molar-refractivity contribution in [2.45, 2.75) is 13.0 Å². The quantitative estimate of drug-likeness (QED) is 0.695. The number of amides is 4. The van der Waals surface area contributed by atoms with Gasteiger partial charge < -0.3 is 19.8 Å². The lowest BCUT2D eigenvalue weighted by atomic mass is 10.1. The first-order valence-electron chi connectivity index (χ1n) is 7.59. The zero-order chi connectivity index (χ0) is 19.1. The number of furan rings is 1. The fourth-order valence-electron chi connectivity index (χ4n) is 1.92. The Morgan fingerprint density at radius 2 is 1.81 bits per heavy atom. The highest BCUT2D eigenvalue weighted by Gasteiger charge is 2.22. The van der Waals surface area contributed by atoms with E-state index >= 15 is 0 Å². The zero-order valence-electron chi connectivity index (χ0n) is 14.1. The van der Waals surface area contributed by atoms with Crippen LogP contribution in [0.15, 0.2) is 47.1 Å². The second-order valence-electron chi connectivity index (χ2n) is 5.09. The Morgan fingerprint density at radius 3 is 2.46 bits per heavy atom. The molecule has 136 valence electrons. The molecule has 9 heteroatoms. The molecule has 0 saturated heterocycles. The van der Waals surface area contributed by atoms with E-state index in [-0.39, 0.29) is 17.0 Å². The number of benzene rings is 1. The number of carbonyl (C=O) groups is 4. The van der Waals surface area contributed by atoms with E-state index in [0.29, 0.717) is 0 Å². The van der Waals surface area contributed by atoms with Gasteiger partial charge in [-0.3, -0.25) is 14.9 Å². The maximum absolute atomic E-state index is 12.3. The summed E-state index contributed by atoms with van der Waals surface area (Å²) in [6.07, 6.45) is 0.135. The fraction of sp³-hybridized carbons (Fsp3) is 0.176. The van der Waals surface area contributed by atoms with Gasteiger partial charge in [0.15, 0.2) is 11.9 Å². The number of esters is 1. The lowest BCUT2D eigenvalue weighted by Crippen LogP contribution is -2.43. The highest BCUT2D eigenvalue weighted by molar-refractivity contribution is 6.07. The number of imide groups is 1. The molecule has 0 radical (unpaired) electrons. The SMILES string of the molecule is CNC(=O)NC(=O)C(C)OC(=O)c1ccccc1NC(=O)c1ccco1. The van der Waals surface area contributed by atoms with Crippen LogP contribution in [-0.4, -0.2) is 37.0 Å². The molecule has 1 aromatic carbocycles. The topological polar surface area (TPSA) is 127 Å². The van der Waals surface area contributed by atoms with Crippen molar-refractivity contribution in [2.24, 2.45) is 0 Å². The van der Waals surface area contributed by atoms with Crippen molar-refractivity contribution in [2.75, 3.05) is 12.4 Å². The van der Waals surface area contributed by atoms with Gasteiger partial charge in [-0.1, -0.05) is 12.1 Å². The Kier molecular flexibility index (Phi) is 6.10. The van der Waals surface area contributed by atoms with E-state index in [1.165, 1.54) is 38.4 Å². The number of urea groups is 1. The van der Waals surface area contributed by atoms with E-state index in [4.69, 9.17) is 9.15 Å². The van der Waals surface area contributed by atoms with Crippen molar-refractivity contribution >= 4 is 29.5 Å². The van der Waals surface area contributed by atoms with Crippen LogP contribution < -0.4 is 16.0 Å². The highest BCUT2D eigenvalue weighted by atomic mass is 16.5. The number of carbonyl (C=O) groups excluding carboxylic acids is 4. The largest absolute Gasteiger partial charge is 0.459 e. The Balaban J connectivity index is 2.08. The van der Waals surface area contributed by atoms with Crippen molar-refractivity contribution in [3.05, 3.63) is 54.0 Å². The molecule has 0 aliphatic heterocycles. The Morgan fingerprint density at radius 1 is 1.08 bits per heavy atom. The van der Waals surface area contributed by atoms with Gasteiger partial charge in [0.05, 0.1) is 17.5 Å². The lowest BCUT2D eigenvalue weighted by molar-refractivity contribution is -0.127. The molecule has 1 atom stereocenters. The lowest BCUT2D eigenvalue weighted by Gasteiger charge is -2.14. The van der Waals surface area contributed by atoms with E-state index in [1.54, 1.807) is 18.2 Å². The second kappa shape index (κ2) is 8.47. The molecule has 26 heavy (non-hydrogen) atoms. The van der Waals surface area contributed by atoms with Crippen molar-refractivity contribution in [3.63, 3.8) is 0 Å². The second-order valence-corrected chi connectivity index (χ2v) is 5.09. The molecule has 0 aliphatic carbocycles. The van der Waals surface area contributed by atoms with Crippen LogP contribution in [-0.2, 0) is 9.53 Å². The van der Waals surface area contributed by atoms with Crippen LogP contribution in [0.5, 0.6) is 0 Å². The molecule has 2 rings (SSSR count). The summed E-state index contributed by atoms with van der Waals surface area (Å²) < 4.78 is 10.0. The standard InChI is InChI=1S/C17H17N3O6/c1-10(14(21)20-17(24)18-2)26-16(23)11-6-3-4-7-12(11)19-15(22)13-8-5-9-25-13/h3-10H,1-2H3,(H,19,22)(H2,18,20,21,24). The number of hydrogen-bond acceptors (Lipinski definition) is 6. The van der Waals surface area contributed by atoms with E-state index in [1.807, 2.05) is 5.32 Å². The van der Waals surface area contributed by atoms with Gasteiger partial charge in [0, 0.05) is 7.05 Å². The molecule has 1 heterocycles. The number of para-hydroxylation sites is 1. The highest BCUT2D eigenvalue weighted by Crippen LogP contribution is 2.18. The van der Waals surface area contributed by atoms with Crippen LogP contribution in [0.25, 0.3) is 0 Å². The first-order valence-corrected chi connectivity index (χ1v) is 7.59. The van der Waals surface area contributed by atoms with Crippen LogP contribution in [0, 0.1) is 0 Å². The Bertz CT molecular complexity index is 816. The minimum atomic E-state index is -1.21. The smallest absolute Gasteiger partial charge is 0.341 e. The van der Waals surface area contributed by atoms with Crippen LogP contribution >= 0.6 is 0 Å². The predicted octanol–water partition coefficient (Wildman–Crippen LogP) is 1.53. The van der Waals surface area contributed by atoms with Crippen molar-refractivity contribution < 1.29 is 28.3 Å². The van der Waals surface area contributed by atoms with Gasteiger partial charge in [-0.05, 0) is 31.2 Å². The fourth-order valence-corrected chi connectivity index (χ4v) is 1.92. The molecule has 0 saturated carbocycles. The van der Waals surface area contributed by atoms with E-state index in [2.05, 4.69) is 10.6 Å². The van der Waals surface area contributed by atoms with Gasteiger partial charge >= 0.3 is 12.0 Å². The number of hydrogen-bond donors (Lipinski definition) is 3. The molecule has 2 aromatic rings. The van der Waals surface area contributed by atoms with Crippen LogP contribution in [0.4, 0.5) is 10.5 Å². The number of anilines is 1. The normalized spacial score (nSPS) is 11.2. The number of rotatable bonds is 5. The maximum atomic E-state index is 12.3.